The number of amides is 2. The Bertz CT molecular complexity index is 1070. The van der Waals surface area contributed by atoms with E-state index in [0.29, 0.717) is 55.0 Å². The highest BCUT2D eigenvalue weighted by molar-refractivity contribution is 6.42. The standard InChI is InChI=1S/C27H29Cl3N2O3/c28-22-5-3-19(4-6-22)20-9-15-32(16-10-20)27(35)26(34)21-11-13-31(14-12-21)25(33)8-2-18-1-7-23(29)24(30)17-18/h1-8,17,20-21,26,34H,9-16H2/b8-2+. The van der Waals surface area contributed by atoms with Gasteiger partial charge in [0.05, 0.1) is 10.0 Å². The van der Waals surface area contributed by atoms with Crippen molar-refractivity contribution in [3.63, 3.8) is 0 Å². The van der Waals surface area contributed by atoms with Gasteiger partial charge in [-0.05, 0) is 79.0 Å². The number of aliphatic hydroxyl groups is 1. The highest BCUT2D eigenvalue weighted by Crippen LogP contribution is 2.30. The van der Waals surface area contributed by atoms with Crippen LogP contribution in [-0.4, -0.2) is 59.0 Å². The van der Waals surface area contributed by atoms with Crippen molar-refractivity contribution in [2.24, 2.45) is 5.92 Å². The summed E-state index contributed by atoms with van der Waals surface area (Å²) >= 11 is 17.9. The molecule has 0 bridgehead atoms. The molecule has 1 unspecified atom stereocenters. The molecule has 186 valence electrons. The molecule has 2 heterocycles. The molecular weight excluding hydrogens is 507 g/mol. The van der Waals surface area contributed by atoms with Gasteiger partial charge in [-0.15, -0.1) is 0 Å². The van der Waals surface area contributed by atoms with E-state index in [2.05, 4.69) is 0 Å². The zero-order chi connectivity index (χ0) is 24.9. The lowest BCUT2D eigenvalue weighted by molar-refractivity contribution is -0.145. The van der Waals surface area contributed by atoms with Crippen LogP contribution in [0.1, 0.15) is 42.7 Å². The highest BCUT2D eigenvalue weighted by Gasteiger charge is 2.34. The predicted molar refractivity (Wildman–Crippen MR) is 141 cm³/mol. The monoisotopic (exact) mass is 534 g/mol. The minimum Gasteiger partial charge on any atom is -0.383 e. The van der Waals surface area contributed by atoms with Crippen LogP contribution in [0, 0.1) is 5.92 Å². The molecule has 2 amide bonds. The maximum absolute atomic E-state index is 13.0. The summed E-state index contributed by atoms with van der Waals surface area (Å²) in [6, 6.07) is 13.1. The molecule has 0 saturated carbocycles. The minimum absolute atomic E-state index is 0.0976. The maximum Gasteiger partial charge on any atom is 0.251 e. The van der Waals surface area contributed by atoms with Crippen LogP contribution in [0.2, 0.25) is 15.1 Å². The quantitative estimate of drug-likeness (QED) is 0.502. The third-order valence-corrected chi connectivity index (χ3v) is 8.05. The minimum atomic E-state index is -1.02. The summed E-state index contributed by atoms with van der Waals surface area (Å²) in [6.07, 6.45) is 5.15. The van der Waals surface area contributed by atoms with Crippen molar-refractivity contribution < 1.29 is 14.7 Å². The Morgan fingerprint density at radius 3 is 2.11 bits per heavy atom. The maximum atomic E-state index is 13.0. The first-order valence-corrected chi connectivity index (χ1v) is 13.1. The fourth-order valence-corrected chi connectivity index (χ4v) is 5.31. The van der Waals surface area contributed by atoms with Crippen molar-refractivity contribution in [1.29, 1.82) is 0 Å². The second kappa shape index (κ2) is 11.8. The zero-order valence-electron chi connectivity index (χ0n) is 19.4. The molecule has 2 aliphatic heterocycles. The summed E-state index contributed by atoms with van der Waals surface area (Å²) in [6.45, 7) is 2.30. The molecular formula is C27H29Cl3N2O3. The Balaban J connectivity index is 1.24. The van der Waals surface area contributed by atoms with Crippen LogP contribution in [0.25, 0.3) is 6.08 Å². The van der Waals surface area contributed by atoms with Crippen LogP contribution < -0.4 is 0 Å². The summed E-state index contributed by atoms with van der Waals surface area (Å²) in [5.41, 5.74) is 2.04. The molecule has 0 radical (unpaired) electrons. The number of carbonyl (C=O) groups excluding carboxylic acids is 2. The lowest BCUT2D eigenvalue weighted by Crippen LogP contribution is -2.49. The third-order valence-electron chi connectivity index (χ3n) is 7.06. The highest BCUT2D eigenvalue weighted by atomic mass is 35.5. The molecule has 1 atom stereocenters. The molecule has 2 fully saturated rings. The van der Waals surface area contributed by atoms with Crippen molar-refractivity contribution in [2.45, 2.75) is 37.7 Å². The smallest absolute Gasteiger partial charge is 0.251 e. The predicted octanol–water partition coefficient (Wildman–Crippen LogP) is 5.67. The van der Waals surface area contributed by atoms with Gasteiger partial charge >= 0.3 is 0 Å². The Labute approximate surface area is 221 Å². The van der Waals surface area contributed by atoms with E-state index in [4.69, 9.17) is 34.8 Å². The van der Waals surface area contributed by atoms with E-state index in [1.165, 1.54) is 11.6 Å². The van der Waals surface area contributed by atoms with Gasteiger partial charge in [-0.3, -0.25) is 9.59 Å². The Morgan fingerprint density at radius 2 is 1.49 bits per heavy atom. The summed E-state index contributed by atoms with van der Waals surface area (Å²) in [4.78, 5) is 29.1. The molecule has 2 aromatic rings. The van der Waals surface area contributed by atoms with E-state index >= 15 is 0 Å². The van der Waals surface area contributed by atoms with E-state index < -0.39 is 6.10 Å². The summed E-state index contributed by atoms with van der Waals surface area (Å²) < 4.78 is 0. The summed E-state index contributed by atoms with van der Waals surface area (Å²) in [5.74, 6) is -0.0253. The number of carbonyl (C=O) groups is 2. The number of hydrogen-bond acceptors (Lipinski definition) is 3. The largest absolute Gasteiger partial charge is 0.383 e. The first kappa shape index (κ1) is 26.0. The van der Waals surface area contributed by atoms with Gasteiger partial charge in [0, 0.05) is 37.3 Å². The third kappa shape index (κ3) is 6.59. The number of rotatable bonds is 5. The van der Waals surface area contributed by atoms with Crippen molar-refractivity contribution in [2.75, 3.05) is 26.2 Å². The lowest BCUT2D eigenvalue weighted by Gasteiger charge is -2.37. The average Bonchev–Trinajstić information content (AvgIpc) is 2.89. The molecule has 0 spiro atoms. The van der Waals surface area contributed by atoms with Crippen molar-refractivity contribution in [1.82, 2.24) is 9.80 Å². The van der Waals surface area contributed by atoms with E-state index in [1.54, 1.807) is 34.1 Å². The molecule has 5 nitrogen and oxygen atoms in total. The molecule has 35 heavy (non-hydrogen) atoms. The molecule has 8 heteroatoms. The van der Waals surface area contributed by atoms with Crippen LogP contribution in [0.15, 0.2) is 48.5 Å². The molecule has 1 N–H and O–H groups in total. The number of nitrogens with zero attached hydrogens (tertiary/aromatic N) is 2. The first-order valence-electron chi connectivity index (χ1n) is 12.0. The average molecular weight is 536 g/mol. The normalized spacial score (nSPS) is 18.7. The lowest BCUT2D eigenvalue weighted by atomic mass is 9.87. The molecule has 0 aliphatic carbocycles. The molecule has 0 aromatic heterocycles. The van der Waals surface area contributed by atoms with Gasteiger partial charge in [0.1, 0.15) is 6.10 Å². The Morgan fingerprint density at radius 1 is 0.857 bits per heavy atom. The number of piperidine rings is 2. The van der Waals surface area contributed by atoms with E-state index in [9.17, 15) is 14.7 Å². The molecule has 2 saturated heterocycles. The van der Waals surface area contributed by atoms with Crippen molar-refractivity contribution in [3.05, 3.63) is 74.7 Å². The van der Waals surface area contributed by atoms with Crippen LogP contribution in [0.3, 0.4) is 0 Å². The summed E-state index contributed by atoms with van der Waals surface area (Å²) in [7, 11) is 0. The van der Waals surface area contributed by atoms with Gasteiger partial charge in [0.25, 0.3) is 5.91 Å². The number of likely N-dealkylation sites (tertiary alicyclic amines) is 2. The molecule has 2 aromatic carbocycles. The van der Waals surface area contributed by atoms with Crippen molar-refractivity contribution in [3.8, 4) is 0 Å². The topological polar surface area (TPSA) is 60.9 Å². The van der Waals surface area contributed by atoms with Gasteiger partial charge in [-0.1, -0.05) is 53.0 Å². The summed E-state index contributed by atoms with van der Waals surface area (Å²) in [5, 5.41) is 12.4. The van der Waals surface area contributed by atoms with Crippen LogP contribution in [0.5, 0.6) is 0 Å². The van der Waals surface area contributed by atoms with Gasteiger partial charge < -0.3 is 14.9 Å². The van der Waals surface area contributed by atoms with Gasteiger partial charge in [-0.2, -0.15) is 0 Å². The first-order chi connectivity index (χ1) is 16.8. The SMILES string of the molecule is O=C(/C=C/c1ccc(Cl)c(Cl)c1)N1CCC(C(O)C(=O)N2CCC(c3ccc(Cl)cc3)CC2)CC1. The second-order valence-electron chi connectivity index (χ2n) is 9.27. The van der Waals surface area contributed by atoms with Crippen LogP contribution >= 0.6 is 34.8 Å². The van der Waals surface area contributed by atoms with Gasteiger partial charge in [0.15, 0.2) is 0 Å². The number of aliphatic hydroxyl groups excluding tert-OH is 1. The second-order valence-corrected chi connectivity index (χ2v) is 10.5. The Hall–Kier alpha value is -2.05. The van der Waals surface area contributed by atoms with E-state index in [1.807, 2.05) is 24.3 Å². The fourth-order valence-electron chi connectivity index (χ4n) is 4.88. The van der Waals surface area contributed by atoms with Gasteiger partial charge in [-0.25, -0.2) is 0 Å². The fraction of sp³-hybridized carbons (Fsp3) is 0.407. The number of halogens is 3. The number of hydrogen-bond donors (Lipinski definition) is 1. The van der Waals surface area contributed by atoms with Crippen molar-refractivity contribution >= 4 is 52.7 Å². The van der Waals surface area contributed by atoms with E-state index in [-0.39, 0.29) is 17.7 Å². The Kier molecular flexibility index (Phi) is 8.77. The molecule has 4 rings (SSSR count). The number of benzene rings is 2. The van der Waals surface area contributed by atoms with E-state index in [0.717, 1.165) is 23.4 Å². The van der Waals surface area contributed by atoms with Crippen LogP contribution in [0.4, 0.5) is 0 Å². The van der Waals surface area contributed by atoms with Crippen LogP contribution in [-0.2, 0) is 9.59 Å². The molecule has 2 aliphatic rings. The van der Waals surface area contributed by atoms with Gasteiger partial charge in [0.2, 0.25) is 5.91 Å². The zero-order valence-corrected chi connectivity index (χ0v) is 21.6.